The van der Waals surface area contributed by atoms with Crippen molar-refractivity contribution in [3.8, 4) is 6.07 Å². The molecule has 1 aromatic heterocycles. The molecule has 0 aliphatic carbocycles. The number of aliphatic hydroxyl groups is 1. The molecule has 0 fully saturated rings. The fourth-order valence-electron chi connectivity index (χ4n) is 0.868. The maximum atomic E-state index is 9.40. The van der Waals surface area contributed by atoms with Crippen molar-refractivity contribution in [2.45, 2.75) is 12.5 Å². The maximum Gasteiger partial charge on any atom is 0.136 e. The van der Waals surface area contributed by atoms with Gasteiger partial charge in [-0.05, 0) is 6.07 Å². The zero-order valence-corrected chi connectivity index (χ0v) is 8.05. The Labute approximate surface area is 85.5 Å². The van der Waals surface area contributed by atoms with Gasteiger partial charge in [0.25, 0.3) is 0 Å². The lowest BCUT2D eigenvalue weighted by atomic mass is 10.1. The summed E-state index contributed by atoms with van der Waals surface area (Å²) in [6.45, 7) is 0. The minimum Gasteiger partial charge on any atom is -0.387 e. The second kappa shape index (κ2) is 4.43. The third-order valence-corrected chi connectivity index (χ3v) is 2.00. The summed E-state index contributed by atoms with van der Waals surface area (Å²) in [7, 11) is 0. The Morgan fingerprint density at radius 3 is 2.77 bits per heavy atom. The second-order valence-electron chi connectivity index (χ2n) is 2.39. The molecule has 0 bridgehead atoms. The van der Waals surface area contributed by atoms with Crippen molar-refractivity contribution in [2.24, 2.45) is 0 Å². The first-order chi connectivity index (χ1) is 6.15. The van der Waals surface area contributed by atoms with Crippen molar-refractivity contribution >= 4 is 23.2 Å². The zero-order valence-electron chi connectivity index (χ0n) is 6.54. The van der Waals surface area contributed by atoms with E-state index < -0.39 is 6.10 Å². The van der Waals surface area contributed by atoms with Crippen LogP contribution in [0.4, 0.5) is 0 Å². The molecule has 68 valence electrons. The van der Waals surface area contributed by atoms with Gasteiger partial charge in [-0.25, -0.2) is 4.98 Å². The van der Waals surface area contributed by atoms with E-state index in [0.717, 1.165) is 0 Å². The number of aliphatic hydroxyl groups excluding tert-OH is 1. The molecule has 1 atom stereocenters. The first-order valence-electron chi connectivity index (χ1n) is 3.52. The van der Waals surface area contributed by atoms with E-state index in [1.54, 1.807) is 6.07 Å². The Morgan fingerprint density at radius 2 is 2.23 bits per heavy atom. The summed E-state index contributed by atoms with van der Waals surface area (Å²) in [5.74, 6) is 0. The van der Waals surface area contributed by atoms with Crippen LogP contribution in [0.3, 0.4) is 0 Å². The lowest BCUT2D eigenvalue weighted by Gasteiger charge is -2.07. The number of aromatic nitrogens is 1. The predicted octanol–water partition coefficient (Wildman–Crippen LogP) is 2.34. The third-order valence-electron chi connectivity index (χ3n) is 1.49. The van der Waals surface area contributed by atoms with Gasteiger partial charge in [0.2, 0.25) is 0 Å². The number of nitriles is 1. The second-order valence-corrected chi connectivity index (χ2v) is 3.14. The van der Waals surface area contributed by atoms with Crippen molar-refractivity contribution < 1.29 is 5.11 Å². The highest BCUT2D eigenvalue weighted by Crippen LogP contribution is 2.24. The van der Waals surface area contributed by atoms with Crippen LogP contribution >= 0.6 is 23.2 Å². The molecule has 0 radical (unpaired) electrons. The van der Waals surface area contributed by atoms with Crippen LogP contribution in [0.5, 0.6) is 0 Å². The Morgan fingerprint density at radius 1 is 1.54 bits per heavy atom. The Hall–Kier alpha value is -0.820. The average molecular weight is 217 g/mol. The highest BCUT2D eigenvalue weighted by atomic mass is 35.5. The maximum absolute atomic E-state index is 9.40. The first-order valence-corrected chi connectivity index (χ1v) is 4.27. The van der Waals surface area contributed by atoms with E-state index in [0.29, 0.717) is 5.56 Å². The van der Waals surface area contributed by atoms with Crippen LogP contribution in [0.1, 0.15) is 18.1 Å². The van der Waals surface area contributed by atoms with Gasteiger partial charge < -0.3 is 5.11 Å². The van der Waals surface area contributed by atoms with Crippen LogP contribution in [-0.4, -0.2) is 10.1 Å². The van der Waals surface area contributed by atoms with Gasteiger partial charge in [-0.2, -0.15) is 5.26 Å². The number of hydrogen-bond donors (Lipinski definition) is 1. The van der Waals surface area contributed by atoms with Gasteiger partial charge in [0.05, 0.1) is 18.6 Å². The molecule has 1 rings (SSSR count). The molecule has 0 saturated carbocycles. The molecular weight excluding hydrogens is 211 g/mol. The monoisotopic (exact) mass is 216 g/mol. The van der Waals surface area contributed by atoms with E-state index in [-0.39, 0.29) is 16.7 Å². The van der Waals surface area contributed by atoms with Gasteiger partial charge >= 0.3 is 0 Å². The normalized spacial score (nSPS) is 12.2. The summed E-state index contributed by atoms with van der Waals surface area (Å²) in [5.41, 5.74) is 0.424. The Kier molecular flexibility index (Phi) is 3.49. The van der Waals surface area contributed by atoms with Crippen molar-refractivity contribution in [1.29, 1.82) is 5.26 Å². The summed E-state index contributed by atoms with van der Waals surface area (Å²) < 4.78 is 0. The molecule has 1 heterocycles. The average Bonchev–Trinajstić information content (AvgIpc) is 2.04. The summed E-state index contributed by atoms with van der Waals surface area (Å²) in [6.07, 6.45) is -0.912. The smallest absolute Gasteiger partial charge is 0.136 e. The van der Waals surface area contributed by atoms with Crippen LogP contribution in [0, 0.1) is 11.3 Å². The molecule has 0 amide bonds. The summed E-state index contributed by atoms with van der Waals surface area (Å²) in [4.78, 5) is 3.74. The van der Waals surface area contributed by atoms with Crippen molar-refractivity contribution in [3.05, 3.63) is 28.0 Å². The van der Waals surface area contributed by atoms with Crippen molar-refractivity contribution in [2.75, 3.05) is 0 Å². The molecule has 5 heteroatoms. The topological polar surface area (TPSA) is 56.9 Å². The van der Waals surface area contributed by atoms with Crippen molar-refractivity contribution in [1.82, 2.24) is 4.98 Å². The van der Waals surface area contributed by atoms with Gasteiger partial charge in [-0.15, -0.1) is 0 Å². The fraction of sp³-hybridized carbons (Fsp3) is 0.250. The fourth-order valence-corrected chi connectivity index (χ4v) is 1.34. The Balaban J connectivity index is 2.96. The highest BCUT2D eigenvalue weighted by molar-refractivity contribution is 6.32. The van der Waals surface area contributed by atoms with Gasteiger partial charge in [-0.1, -0.05) is 29.3 Å². The number of rotatable bonds is 2. The van der Waals surface area contributed by atoms with E-state index in [4.69, 9.17) is 28.5 Å². The van der Waals surface area contributed by atoms with Gasteiger partial charge in [0.15, 0.2) is 0 Å². The minimum atomic E-state index is -0.901. The molecule has 0 aromatic carbocycles. The van der Waals surface area contributed by atoms with Crippen LogP contribution in [0.25, 0.3) is 0 Å². The molecule has 0 aliphatic rings. The van der Waals surface area contributed by atoms with Gasteiger partial charge in [0.1, 0.15) is 10.3 Å². The largest absolute Gasteiger partial charge is 0.387 e. The van der Waals surface area contributed by atoms with E-state index in [1.165, 1.54) is 6.07 Å². The quantitative estimate of drug-likeness (QED) is 0.773. The Bertz CT molecular complexity index is 348. The zero-order chi connectivity index (χ0) is 9.84. The van der Waals surface area contributed by atoms with Gasteiger partial charge in [0, 0.05) is 5.56 Å². The van der Waals surface area contributed by atoms with E-state index >= 15 is 0 Å². The van der Waals surface area contributed by atoms with E-state index in [1.807, 2.05) is 6.07 Å². The number of nitrogens with zero attached hydrogens (tertiary/aromatic N) is 2. The number of hydrogen-bond acceptors (Lipinski definition) is 3. The number of pyridine rings is 1. The minimum absolute atomic E-state index is 0.0109. The lowest BCUT2D eigenvalue weighted by Crippen LogP contribution is -1.98. The standard InChI is InChI=1S/C8H6Cl2N2O/c9-7-2-1-5(8(10)12-7)6(13)3-4-11/h1-2,6,13H,3H2. The van der Waals surface area contributed by atoms with E-state index in [9.17, 15) is 5.11 Å². The van der Waals surface area contributed by atoms with E-state index in [2.05, 4.69) is 4.98 Å². The molecule has 1 unspecified atom stereocenters. The van der Waals surface area contributed by atoms with Crippen LogP contribution in [0.2, 0.25) is 10.3 Å². The molecule has 0 aliphatic heterocycles. The SMILES string of the molecule is N#CCC(O)c1ccc(Cl)nc1Cl. The molecular formula is C8H6Cl2N2O. The third kappa shape index (κ3) is 2.56. The molecule has 0 saturated heterocycles. The number of halogens is 2. The molecule has 1 aromatic rings. The van der Waals surface area contributed by atoms with Crippen LogP contribution < -0.4 is 0 Å². The summed E-state index contributed by atoms with van der Waals surface area (Å²) in [6, 6.07) is 4.91. The first kappa shape index (κ1) is 10.3. The lowest BCUT2D eigenvalue weighted by molar-refractivity contribution is 0.183. The predicted molar refractivity (Wildman–Crippen MR) is 49.4 cm³/mol. The summed E-state index contributed by atoms with van der Waals surface area (Å²) >= 11 is 11.3. The van der Waals surface area contributed by atoms with Crippen molar-refractivity contribution in [3.63, 3.8) is 0 Å². The van der Waals surface area contributed by atoms with Gasteiger partial charge in [-0.3, -0.25) is 0 Å². The highest BCUT2D eigenvalue weighted by Gasteiger charge is 2.12. The molecule has 0 spiro atoms. The van der Waals surface area contributed by atoms with Crippen LogP contribution in [-0.2, 0) is 0 Å². The molecule has 3 nitrogen and oxygen atoms in total. The summed E-state index contributed by atoms with van der Waals surface area (Å²) in [5, 5.41) is 18.1. The molecule has 1 N–H and O–H groups in total. The van der Waals surface area contributed by atoms with Crippen LogP contribution in [0.15, 0.2) is 12.1 Å². The molecule has 13 heavy (non-hydrogen) atoms.